The number of rotatable bonds is 3. The first-order chi connectivity index (χ1) is 11.8. The highest BCUT2D eigenvalue weighted by Gasteiger charge is 2.39. The lowest BCUT2D eigenvalue weighted by Gasteiger charge is -2.34. The van der Waals surface area contributed by atoms with Crippen LogP contribution in [-0.2, 0) is 4.79 Å². The summed E-state index contributed by atoms with van der Waals surface area (Å²) in [6.45, 7) is 0.645. The van der Waals surface area contributed by atoms with Crippen molar-refractivity contribution in [2.75, 3.05) is 32.7 Å². The summed E-state index contributed by atoms with van der Waals surface area (Å²) >= 11 is 0. The van der Waals surface area contributed by atoms with Crippen LogP contribution >= 0.6 is 0 Å². The minimum atomic E-state index is -4.22. The first-order valence-corrected chi connectivity index (χ1v) is 8.72. The summed E-state index contributed by atoms with van der Waals surface area (Å²) in [5.41, 5.74) is 7.33. The number of likely N-dealkylation sites (tertiary alicyclic amines) is 2. The lowest BCUT2D eigenvalue weighted by molar-refractivity contribution is -0.154. The Balaban J connectivity index is 1.61. The van der Waals surface area contributed by atoms with E-state index >= 15 is 0 Å². The van der Waals surface area contributed by atoms with Crippen LogP contribution < -0.4 is 5.73 Å². The van der Waals surface area contributed by atoms with Gasteiger partial charge in [0.15, 0.2) is 0 Å². The number of nitrogens with two attached hydrogens (primary N) is 1. The Hall–Kier alpha value is -1.60. The molecule has 1 amide bonds. The molecule has 0 radical (unpaired) electrons. The molecule has 0 aliphatic carbocycles. The van der Waals surface area contributed by atoms with Crippen LogP contribution in [0.25, 0.3) is 0 Å². The van der Waals surface area contributed by atoms with Crippen molar-refractivity contribution >= 4 is 5.91 Å². The van der Waals surface area contributed by atoms with Crippen LogP contribution in [0.15, 0.2) is 30.3 Å². The molecule has 0 spiro atoms. The summed E-state index contributed by atoms with van der Waals surface area (Å²) in [7, 11) is 0. The third-order valence-corrected chi connectivity index (χ3v) is 5.16. The van der Waals surface area contributed by atoms with Crippen LogP contribution in [0, 0.1) is 5.92 Å². The maximum Gasteiger partial charge on any atom is 0.401 e. The van der Waals surface area contributed by atoms with Gasteiger partial charge in [0.25, 0.3) is 0 Å². The van der Waals surface area contributed by atoms with Crippen molar-refractivity contribution in [3.63, 3.8) is 0 Å². The van der Waals surface area contributed by atoms with Crippen LogP contribution in [-0.4, -0.2) is 60.6 Å². The fourth-order valence-corrected chi connectivity index (χ4v) is 3.97. The maximum absolute atomic E-state index is 12.8. The molecule has 3 atom stereocenters. The highest BCUT2D eigenvalue weighted by Crippen LogP contribution is 2.29. The van der Waals surface area contributed by atoms with Gasteiger partial charge in [-0.15, -0.1) is 0 Å². The molecule has 4 nitrogen and oxygen atoms in total. The Morgan fingerprint density at radius 3 is 2.56 bits per heavy atom. The molecule has 2 aliphatic rings. The molecule has 2 aliphatic heterocycles. The van der Waals surface area contributed by atoms with E-state index < -0.39 is 12.7 Å². The van der Waals surface area contributed by atoms with Gasteiger partial charge in [0, 0.05) is 31.6 Å². The molecular formula is C18H24F3N3O. The summed E-state index contributed by atoms with van der Waals surface area (Å²) in [6, 6.07) is 9.70. The average molecular weight is 355 g/mol. The molecule has 0 saturated carbocycles. The quantitative estimate of drug-likeness (QED) is 0.905. The second kappa shape index (κ2) is 7.33. The van der Waals surface area contributed by atoms with Crippen molar-refractivity contribution < 1.29 is 18.0 Å². The van der Waals surface area contributed by atoms with E-state index in [0.29, 0.717) is 32.5 Å². The number of alkyl halides is 3. The summed E-state index contributed by atoms with van der Waals surface area (Å²) < 4.78 is 37.8. The van der Waals surface area contributed by atoms with Gasteiger partial charge in [-0.1, -0.05) is 30.3 Å². The smallest absolute Gasteiger partial charge is 0.340 e. The van der Waals surface area contributed by atoms with Gasteiger partial charge in [-0.05, 0) is 24.9 Å². The van der Waals surface area contributed by atoms with Crippen LogP contribution in [0.2, 0.25) is 0 Å². The number of hydrogen-bond donors (Lipinski definition) is 1. The van der Waals surface area contributed by atoms with Crippen molar-refractivity contribution in [3.8, 4) is 0 Å². The zero-order chi connectivity index (χ0) is 18.0. The topological polar surface area (TPSA) is 49.6 Å². The third-order valence-electron chi connectivity index (χ3n) is 5.16. The highest BCUT2D eigenvalue weighted by atomic mass is 19.4. The van der Waals surface area contributed by atoms with Crippen LogP contribution in [0.5, 0.6) is 0 Å². The number of nitrogens with zero attached hydrogens (tertiary/aromatic N) is 2. The van der Waals surface area contributed by atoms with Crippen molar-refractivity contribution in [1.82, 2.24) is 9.80 Å². The average Bonchev–Trinajstić information content (AvgIpc) is 2.95. The number of carbonyl (C=O) groups excluding carboxylic acids is 1. The second-order valence-electron chi connectivity index (χ2n) is 7.11. The molecule has 2 heterocycles. The molecule has 2 fully saturated rings. The van der Waals surface area contributed by atoms with E-state index in [2.05, 4.69) is 0 Å². The van der Waals surface area contributed by atoms with E-state index in [1.54, 1.807) is 4.90 Å². The van der Waals surface area contributed by atoms with Gasteiger partial charge < -0.3 is 10.6 Å². The van der Waals surface area contributed by atoms with E-state index in [1.807, 2.05) is 30.3 Å². The molecule has 0 bridgehead atoms. The molecule has 0 aromatic heterocycles. The monoisotopic (exact) mass is 355 g/mol. The first-order valence-electron chi connectivity index (χ1n) is 8.72. The Labute approximate surface area is 145 Å². The molecule has 1 aromatic rings. The molecule has 7 heteroatoms. The predicted octanol–water partition coefficient (Wildman–Crippen LogP) is 2.21. The van der Waals surface area contributed by atoms with Crippen molar-refractivity contribution in [3.05, 3.63) is 35.9 Å². The standard InChI is InChI=1S/C18H24F3N3O/c19-18(20,21)12-23-8-4-7-14(9-23)17(25)24-10-15(16(22)11-24)13-5-2-1-3-6-13/h1-3,5-6,14-16H,4,7-12,22H2/t14?,15-,16+/m0/s1. The lowest BCUT2D eigenvalue weighted by atomic mass is 9.95. The number of hydrogen-bond acceptors (Lipinski definition) is 3. The van der Waals surface area contributed by atoms with Crippen molar-refractivity contribution in [2.24, 2.45) is 11.7 Å². The molecule has 3 rings (SSSR count). The number of halogens is 3. The predicted molar refractivity (Wildman–Crippen MR) is 89.0 cm³/mol. The minimum Gasteiger partial charge on any atom is -0.340 e. The van der Waals surface area contributed by atoms with Crippen molar-refractivity contribution in [2.45, 2.75) is 31.0 Å². The van der Waals surface area contributed by atoms with E-state index in [0.717, 1.165) is 5.56 Å². The largest absolute Gasteiger partial charge is 0.401 e. The van der Waals surface area contributed by atoms with Crippen molar-refractivity contribution in [1.29, 1.82) is 0 Å². The third kappa shape index (κ3) is 4.52. The summed E-state index contributed by atoms with van der Waals surface area (Å²) in [5.74, 6) is -0.335. The fourth-order valence-electron chi connectivity index (χ4n) is 3.97. The van der Waals surface area contributed by atoms with Gasteiger partial charge in [0.2, 0.25) is 5.91 Å². The normalized spacial score (nSPS) is 28.3. The molecule has 2 N–H and O–H groups in total. The number of piperidine rings is 1. The van der Waals surface area contributed by atoms with E-state index in [9.17, 15) is 18.0 Å². The van der Waals surface area contributed by atoms with Gasteiger partial charge in [-0.2, -0.15) is 13.2 Å². The summed E-state index contributed by atoms with van der Waals surface area (Å²) in [5, 5.41) is 0. The number of amides is 1. The highest BCUT2D eigenvalue weighted by molar-refractivity contribution is 5.79. The molecule has 138 valence electrons. The van der Waals surface area contributed by atoms with Gasteiger partial charge >= 0.3 is 6.18 Å². The number of carbonyl (C=O) groups is 1. The second-order valence-corrected chi connectivity index (χ2v) is 7.11. The van der Waals surface area contributed by atoms with Gasteiger partial charge in [-0.3, -0.25) is 9.69 Å². The van der Waals surface area contributed by atoms with Gasteiger partial charge in [-0.25, -0.2) is 0 Å². The molecule has 1 aromatic carbocycles. The number of benzene rings is 1. The molecule has 25 heavy (non-hydrogen) atoms. The Kier molecular flexibility index (Phi) is 5.34. The Morgan fingerprint density at radius 1 is 1.16 bits per heavy atom. The summed E-state index contributed by atoms with van der Waals surface area (Å²) in [4.78, 5) is 15.9. The molecule has 2 saturated heterocycles. The maximum atomic E-state index is 12.8. The fraction of sp³-hybridized carbons (Fsp3) is 0.611. The Morgan fingerprint density at radius 2 is 1.88 bits per heavy atom. The molecule has 1 unspecified atom stereocenters. The zero-order valence-corrected chi connectivity index (χ0v) is 14.1. The van der Waals surface area contributed by atoms with Crippen LogP contribution in [0.4, 0.5) is 13.2 Å². The van der Waals surface area contributed by atoms with E-state index in [1.165, 1.54) is 4.90 Å². The minimum absolute atomic E-state index is 0.0549. The van der Waals surface area contributed by atoms with E-state index in [-0.39, 0.29) is 30.3 Å². The van der Waals surface area contributed by atoms with Crippen LogP contribution in [0.3, 0.4) is 0 Å². The lowest BCUT2D eigenvalue weighted by Crippen LogP contribution is -2.47. The first kappa shape index (κ1) is 18.2. The molecular weight excluding hydrogens is 331 g/mol. The van der Waals surface area contributed by atoms with Crippen LogP contribution in [0.1, 0.15) is 24.3 Å². The zero-order valence-electron chi connectivity index (χ0n) is 14.1. The van der Waals surface area contributed by atoms with Gasteiger partial charge in [0.05, 0.1) is 12.5 Å². The SMILES string of the molecule is N[C@@H]1CN(C(=O)C2CCCN(CC(F)(F)F)C2)C[C@H]1c1ccccc1. The van der Waals surface area contributed by atoms with E-state index in [4.69, 9.17) is 5.73 Å². The van der Waals surface area contributed by atoms with Gasteiger partial charge in [0.1, 0.15) is 0 Å². The summed E-state index contributed by atoms with van der Waals surface area (Å²) in [6.07, 6.45) is -2.96. The Bertz CT molecular complexity index is 593.